The summed E-state index contributed by atoms with van der Waals surface area (Å²) in [4.78, 5) is 5.10. The summed E-state index contributed by atoms with van der Waals surface area (Å²) in [6.07, 6.45) is 1.17. The maximum absolute atomic E-state index is 12.1. The van der Waals surface area contributed by atoms with Gasteiger partial charge in [0.15, 0.2) is 5.65 Å². The third-order valence-corrected chi connectivity index (χ3v) is 5.51. The van der Waals surface area contributed by atoms with E-state index in [1.54, 1.807) is 12.3 Å². The van der Waals surface area contributed by atoms with E-state index in [0.717, 1.165) is 15.8 Å². The average molecular weight is 363 g/mol. The summed E-state index contributed by atoms with van der Waals surface area (Å²) in [5, 5.41) is 6.27. The minimum Gasteiger partial charge on any atom is -0.236 e. The lowest BCUT2D eigenvalue weighted by atomic mass is 10.0. The van der Waals surface area contributed by atoms with E-state index < -0.39 is 16.2 Å². The van der Waals surface area contributed by atoms with E-state index >= 15 is 0 Å². The Hall–Kier alpha value is -1.99. The number of fused-ring (bicyclic) bond motifs is 1. The highest BCUT2D eigenvalue weighted by molar-refractivity contribution is 7.89. The fourth-order valence-corrected chi connectivity index (χ4v) is 4.32. The second-order valence-corrected chi connectivity index (χ2v) is 7.42. The molecular formula is C13H13N7O2S2. The molecular weight excluding hydrogens is 350 g/mol. The fraction of sp³-hybridized carbons (Fsp3) is 0.0769. The van der Waals surface area contributed by atoms with Gasteiger partial charge in [0.05, 0.1) is 9.77 Å². The Morgan fingerprint density at radius 1 is 1.12 bits per heavy atom. The molecule has 3 aromatic rings. The summed E-state index contributed by atoms with van der Waals surface area (Å²) < 4.78 is 28.4. The van der Waals surface area contributed by atoms with Crippen molar-refractivity contribution in [2.24, 2.45) is 5.14 Å². The van der Waals surface area contributed by atoms with E-state index in [2.05, 4.69) is 31.3 Å². The molecule has 6 N–H and O–H groups in total. The minimum absolute atomic E-state index is 0.0425. The highest BCUT2D eigenvalue weighted by atomic mass is 32.2. The van der Waals surface area contributed by atoms with Gasteiger partial charge in [-0.1, -0.05) is 12.1 Å². The van der Waals surface area contributed by atoms with Crippen LogP contribution in [-0.2, 0) is 10.0 Å². The second-order valence-electron chi connectivity index (χ2n) is 5.12. The van der Waals surface area contributed by atoms with Crippen LogP contribution in [0.15, 0.2) is 41.4 Å². The van der Waals surface area contributed by atoms with Gasteiger partial charge in [-0.05, 0) is 29.7 Å². The zero-order chi connectivity index (χ0) is 16.7. The molecule has 9 nitrogen and oxygen atoms in total. The van der Waals surface area contributed by atoms with Crippen LogP contribution in [-0.4, -0.2) is 17.8 Å². The van der Waals surface area contributed by atoms with Gasteiger partial charge in [-0.2, -0.15) is 15.4 Å². The van der Waals surface area contributed by atoms with Crippen LogP contribution < -0.4 is 27.1 Å². The Bertz CT molecular complexity index is 1010. The van der Waals surface area contributed by atoms with Gasteiger partial charge in [-0.25, -0.2) is 29.4 Å². The number of hydrogen-bond donors (Lipinski definition) is 5. The maximum Gasteiger partial charge on any atom is 0.238 e. The monoisotopic (exact) mass is 363 g/mol. The van der Waals surface area contributed by atoms with Crippen LogP contribution in [0.5, 0.6) is 0 Å². The van der Waals surface area contributed by atoms with Crippen LogP contribution in [0.1, 0.15) is 11.7 Å². The number of nitrogens with zero attached hydrogens (tertiary/aromatic N) is 2. The van der Waals surface area contributed by atoms with Crippen LogP contribution in [0, 0.1) is 0 Å². The summed E-state index contributed by atoms with van der Waals surface area (Å²) in [6, 6.07) is 8.71. The second kappa shape index (κ2) is 5.82. The maximum atomic E-state index is 12.1. The van der Waals surface area contributed by atoms with Crippen LogP contribution in [0.2, 0.25) is 0 Å². The molecule has 0 aliphatic carbocycles. The fourth-order valence-electron chi connectivity index (χ4n) is 2.66. The molecule has 1 aromatic carbocycles. The first-order valence-electron chi connectivity index (χ1n) is 6.93. The Kier molecular flexibility index (Phi) is 3.77. The molecule has 0 unspecified atom stereocenters. The van der Waals surface area contributed by atoms with E-state index in [9.17, 15) is 8.42 Å². The smallest absolute Gasteiger partial charge is 0.236 e. The molecule has 4 rings (SSSR count). The number of primary sulfonamides is 1. The van der Waals surface area contributed by atoms with Gasteiger partial charge in [-0.15, -0.1) is 0 Å². The average Bonchev–Trinajstić information content (AvgIpc) is 3.23. The van der Waals surface area contributed by atoms with Crippen LogP contribution >= 0.6 is 11.5 Å². The van der Waals surface area contributed by atoms with E-state index in [-0.39, 0.29) is 4.90 Å². The number of sulfonamides is 1. The molecule has 0 spiro atoms. The van der Waals surface area contributed by atoms with Gasteiger partial charge in [0, 0.05) is 22.7 Å². The molecule has 0 amide bonds. The van der Waals surface area contributed by atoms with Crippen molar-refractivity contribution in [3.8, 4) is 10.4 Å². The molecule has 124 valence electrons. The van der Waals surface area contributed by atoms with Crippen molar-refractivity contribution >= 4 is 32.6 Å². The van der Waals surface area contributed by atoms with E-state index in [1.807, 2.05) is 18.2 Å². The van der Waals surface area contributed by atoms with Crippen molar-refractivity contribution < 1.29 is 8.42 Å². The number of aromatic nitrogens is 2. The highest BCUT2D eigenvalue weighted by Gasteiger charge is 2.28. The lowest BCUT2D eigenvalue weighted by Crippen LogP contribution is -2.33. The van der Waals surface area contributed by atoms with Gasteiger partial charge in [0.2, 0.25) is 10.0 Å². The van der Waals surface area contributed by atoms with Gasteiger partial charge >= 0.3 is 0 Å². The third-order valence-electron chi connectivity index (χ3n) is 3.66. The molecule has 1 aliphatic rings. The molecule has 0 bridgehead atoms. The molecule has 2 aromatic heterocycles. The molecule has 24 heavy (non-hydrogen) atoms. The van der Waals surface area contributed by atoms with Crippen molar-refractivity contribution in [2.45, 2.75) is 11.1 Å². The molecule has 1 fully saturated rings. The molecule has 11 heteroatoms. The topological polar surface area (TPSA) is 134 Å². The van der Waals surface area contributed by atoms with Crippen molar-refractivity contribution in [3.05, 3.63) is 42.1 Å². The first-order valence-corrected chi connectivity index (χ1v) is 9.25. The van der Waals surface area contributed by atoms with Gasteiger partial charge in [0.1, 0.15) is 6.17 Å². The van der Waals surface area contributed by atoms with Gasteiger partial charge in [-0.3, -0.25) is 0 Å². The Balaban J connectivity index is 2.01. The SMILES string of the molecule is NS(=O)(=O)c1cccc(-c2snc3ncccc23)c1C1NNNN1. The quantitative estimate of drug-likeness (QED) is 0.443. The molecule has 1 aliphatic heterocycles. The molecule has 0 saturated carbocycles. The third kappa shape index (κ3) is 2.57. The normalized spacial score (nSPS) is 16.0. The number of hydrogen-bond acceptors (Lipinski definition) is 9. The highest BCUT2D eigenvalue weighted by Crippen LogP contribution is 2.38. The number of nitrogens with two attached hydrogens (primary N) is 1. The van der Waals surface area contributed by atoms with Crippen molar-refractivity contribution in [2.75, 3.05) is 0 Å². The van der Waals surface area contributed by atoms with Gasteiger partial charge in [0.25, 0.3) is 0 Å². The van der Waals surface area contributed by atoms with Crippen LogP contribution in [0.25, 0.3) is 21.5 Å². The van der Waals surface area contributed by atoms with Crippen LogP contribution in [0.4, 0.5) is 0 Å². The number of pyridine rings is 1. The number of hydrazine groups is 3. The number of rotatable bonds is 3. The van der Waals surface area contributed by atoms with Crippen molar-refractivity contribution in [3.63, 3.8) is 0 Å². The van der Waals surface area contributed by atoms with E-state index in [4.69, 9.17) is 5.14 Å². The minimum atomic E-state index is -3.90. The number of benzene rings is 1. The Morgan fingerprint density at radius 3 is 2.67 bits per heavy atom. The summed E-state index contributed by atoms with van der Waals surface area (Å²) in [6.45, 7) is 0. The molecule has 3 heterocycles. The summed E-state index contributed by atoms with van der Waals surface area (Å²) in [5.74, 6) is 0. The summed E-state index contributed by atoms with van der Waals surface area (Å²) in [5.41, 5.74) is 13.0. The van der Waals surface area contributed by atoms with E-state index in [0.29, 0.717) is 11.2 Å². The standard InChI is InChI=1S/C13H13N7O2S2/c14-24(21,22)9-5-1-3-7(10(9)13-16-19-20-17-13)11-8-4-2-6-15-12(8)18-23-11/h1-6,13,16-17,19-20H,(H2,14,21,22). The van der Waals surface area contributed by atoms with Gasteiger partial charge < -0.3 is 0 Å². The largest absolute Gasteiger partial charge is 0.238 e. The lowest BCUT2D eigenvalue weighted by Gasteiger charge is -2.17. The predicted octanol–water partition coefficient (Wildman–Crippen LogP) is 0.121. The molecule has 0 atom stereocenters. The summed E-state index contributed by atoms with van der Waals surface area (Å²) >= 11 is 1.26. The Labute approximate surface area is 141 Å². The van der Waals surface area contributed by atoms with E-state index in [1.165, 1.54) is 17.6 Å². The first kappa shape index (κ1) is 15.5. The van der Waals surface area contributed by atoms with Crippen molar-refractivity contribution in [1.29, 1.82) is 0 Å². The Morgan fingerprint density at radius 2 is 1.92 bits per heavy atom. The zero-order valence-corrected chi connectivity index (χ0v) is 13.8. The lowest BCUT2D eigenvalue weighted by molar-refractivity contribution is 0.541. The molecule has 0 radical (unpaired) electrons. The number of nitrogens with one attached hydrogen (secondary N) is 4. The zero-order valence-electron chi connectivity index (χ0n) is 12.1. The predicted molar refractivity (Wildman–Crippen MR) is 89.5 cm³/mol. The first-order chi connectivity index (χ1) is 11.6. The van der Waals surface area contributed by atoms with Crippen LogP contribution in [0.3, 0.4) is 0 Å². The van der Waals surface area contributed by atoms with Crippen molar-refractivity contribution in [1.82, 2.24) is 31.3 Å². The molecule has 1 saturated heterocycles. The summed E-state index contributed by atoms with van der Waals surface area (Å²) in [7, 11) is -3.90.